The summed E-state index contributed by atoms with van der Waals surface area (Å²) < 4.78 is 13.8. The molecule has 0 spiro atoms. The first kappa shape index (κ1) is 35.3. The van der Waals surface area contributed by atoms with Crippen LogP contribution in [0.3, 0.4) is 0 Å². The van der Waals surface area contributed by atoms with Crippen LogP contribution in [0.2, 0.25) is 0 Å². The van der Waals surface area contributed by atoms with E-state index in [2.05, 4.69) is 15.1 Å². The molecule has 4 aromatic carbocycles. The topological polar surface area (TPSA) is 142 Å². The van der Waals surface area contributed by atoms with Crippen molar-refractivity contribution in [2.75, 3.05) is 11.5 Å². The maximum absolute atomic E-state index is 14.2. The Labute approximate surface area is 319 Å². The van der Waals surface area contributed by atoms with Crippen molar-refractivity contribution in [3.05, 3.63) is 172 Å². The van der Waals surface area contributed by atoms with Crippen molar-refractivity contribution in [3.8, 4) is 0 Å². The number of rotatable bonds is 11. The molecule has 6 aromatic rings. The number of thioether (sulfide) groups is 2. The van der Waals surface area contributed by atoms with E-state index in [-0.39, 0.29) is 28.6 Å². The van der Waals surface area contributed by atoms with Crippen molar-refractivity contribution < 1.29 is 23.9 Å². The summed E-state index contributed by atoms with van der Waals surface area (Å²) in [5.74, 6) is -0.779. The molecule has 11 nitrogen and oxygen atoms in total. The summed E-state index contributed by atoms with van der Waals surface area (Å²) in [5.41, 5.74) is 11.0. The van der Waals surface area contributed by atoms with Crippen LogP contribution in [0.4, 0.5) is 0 Å². The molecule has 2 aliphatic rings. The maximum atomic E-state index is 14.2. The Morgan fingerprint density at radius 3 is 1.81 bits per heavy atom. The number of fused-ring (bicyclic) bond motifs is 2. The van der Waals surface area contributed by atoms with Gasteiger partial charge in [0.05, 0.1) is 0 Å². The Balaban J connectivity index is 1.08. The molecule has 0 aliphatic carbocycles. The zero-order valence-electron chi connectivity index (χ0n) is 29.0. The maximum Gasteiger partial charge on any atom is 0.379 e. The normalized spacial score (nSPS) is 16.7. The molecule has 2 unspecified atom stereocenters. The van der Waals surface area contributed by atoms with Crippen LogP contribution < -0.4 is 5.73 Å². The van der Waals surface area contributed by atoms with Crippen molar-refractivity contribution in [2.45, 2.75) is 35.6 Å². The molecular formula is C41H34N6O5S2. The summed E-state index contributed by atoms with van der Waals surface area (Å²) in [5, 5.41) is 4.80. The summed E-state index contributed by atoms with van der Waals surface area (Å²) in [6.07, 6.45) is -1.37. The SMILES string of the molecule is Cc1cc(SCC2=C(C(=O)OC(c3ccccc3)c3ccccc3)N3C(=O)C(N)C3SC2)n2nc(C(=O)OC(c3ccccc3)c3ccccc3)nc2n1. The van der Waals surface area contributed by atoms with E-state index in [0.29, 0.717) is 27.8 Å². The van der Waals surface area contributed by atoms with Crippen LogP contribution in [0, 0.1) is 6.92 Å². The molecule has 4 heterocycles. The average Bonchev–Trinajstić information content (AvgIpc) is 3.66. The van der Waals surface area contributed by atoms with E-state index < -0.39 is 30.2 Å². The predicted octanol–water partition coefficient (Wildman–Crippen LogP) is 6.30. The van der Waals surface area contributed by atoms with Crippen molar-refractivity contribution in [2.24, 2.45) is 5.73 Å². The van der Waals surface area contributed by atoms with Gasteiger partial charge < -0.3 is 15.2 Å². The van der Waals surface area contributed by atoms with Crippen molar-refractivity contribution in [3.63, 3.8) is 0 Å². The summed E-state index contributed by atoms with van der Waals surface area (Å²) >= 11 is 2.90. The number of carbonyl (C=O) groups is 3. The van der Waals surface area contributed by atoms with Gasteiger partial charge in [0.1, 0.15) is 22.1 Å². The minimum atomic E-state index is -0.703. The monoisotopic (exact) mass is 754 g/mol. The number of nitrogens with zero attached hydrogens (tertiary/aromatic N) is 5. The minimum absolute atomic E-state index is 0.139. The standard InChI is InChI=1S/C41H34N6O5S2/c1-25-22-31(47-41(43-25)44-36(45-47)40(50)52-35(28-18-10-4-11-19-28)29-20-12-5-13-21-29)53-23-30-24-54-38-32(42)37(48)46(38)33(30)39(49)51-34(26-14-6-2-7-15-26)27-16-8-3-9-17-27/h2-22,32,34-35,38H,23-24,42H2,1H3. The number of hydrogen-bond acceptors (Lipinski definition) is 11. The molecule has 1 amide bonds. The largest absolute Gasteiger partial charge is 0.448 e. The number of aryl methyl sites for hydroxylation is 1. The Kier molecular flexibility index (Phi) is 10.00. The van der Waals surface area contributed by atoms with Crippen LogP contribution in [-0.4, -0.2) is 65.2 Å². The third-order valence-corrected chi connectivity index (χ3v) is 11.6. The molecule has 270 valence electrons. The van der Waals surface area contributed by atoms with E-state index in [9.17, 15) is 14.4 Å². The van der Waals surface area contributed by atoms with Crippen LogP contribution >= 0.6 is 23.5 Å². The third-order valence-electron chi connectivity index (χ3n) is 9.13. The number of esters is 2. The van der Waals surface area contributed by atoms with Gasteiger partial charge in [-0.2, -0.15) is 9.50 Å². The molecule has 2 atom stereocenters. The van der Waals surface area contributed by atoms with E-state index in [4.69, 9.17) is 15.2 Å². The zero-order chi connectivity index (χ0) is 37.2. The Morgan fingerprint density at radius 1 is 0.796 bits per heavy atom. The molecule has 0 bridgehead atoms. The summed E-state index contributed by atoms with van der Waals surface area (Å²) in [4.78, 5) is 51.4. The van der Waals surface area contributed by atoms with Crippen LogP contribution in [0.1, 0.15) is 50.8 Å². The second kappa shape index (κ2) is 15.3. The van der Waals surface area contributed by atoms with Crippen LogP contribution in [-0.2, 0) is 19.1 Å². The number of benzene rings is 4. The van der Waals surface area contributed by atoms with E-state index in [1.165, 1.54) is 32.9 Å². The van der Waals surface area contributed by atoms with Crippen molar-refractivity contribution in [1.29, 1.82) is 0 Å². The number of amides is 1. The van der Waals surface area contributed by atoms with Gasteiger partial charge in [0.15, 0.2) is 12.2 Å². The first-order valence-corrected chi connectivity index (χ1v) is 19.3. The molecule has 13 heteroatoms. The molecule has 2 aliphatic heterocycles. The second-order valence-corrected chi connectivity index (χ2v) is 14.9. The number of carbonyl (C=O) groups excluding carboxylic acids is 3. The van der Waals surface area contributed by atoms with Crippen molar-refractivity contribution in [1.82, 2.24) is 24.5 Å². The lowest BCUT2D eigenvalue weighted by atomic mass is 10.0. The van der Waals surface area contributed by atoms with Crippen LogP contribution in [0.25, 0.3) is 5.78 Å². The number of nitrogens with two attached hydrogens (primary N) is 1. The molecule has 2 N–H and O–H groups in total. The predicted molar refractivity (Wildman–Crippen MR) is 205 cm³/mol. The Bertz CT molecular complexity index is 2280. The molecule has 1 fully saturated rings. The fourth-order valence-corrected chi connectivity index (χ4v) is 8.96. The molecule has 0 saturated carbocycles. The fraction of sp³-hybridized carbons (Fsp3) is 0.171. The summed E-state index contributed by atoms with van der Waals surface area (Å²) in [6, 6.07) is 39.1. The third kappa shape index (κ3) is 7.00. The van der Waals surface area contributed by atoms with E-state index >= 15 is 0 Å². The first-order chi connectivity index (χ1) is 26.4. The van der Waals surface area contributed by atoms with Gasteiger partial charge in [0.25, 0.3) is 11.6 Å². The lowest BCUT2D eigenvalue weighted by molar-refractivity contribution is -0.153. The smallest absolute Gasteiger partial charge is 0.379 e. The quantitative estimate of drug-likeness (QED) is 0.0690. The second-order valence-electron chi connectivity index (χ2n) is 12.8. The number of β-lactam (4-membered cyclic amide) rings is 1. The highest BCUT2D eigenvalue weighted by Gasteiger charge is 2.52. The van der Waals surface area contributed by atoms with Crippen LogP contribution in [0.15, 0.2) is 144 Å². The number of aromatic nitrogens is 4. The van der Waals surface area contributed by atoms with E-state index in [1.54, 1.807) is 0 Å². The minimum Gasteiger partial charge on any atom is -0.448 e. The van der Waals surface area contributed by atoms with Crippen LogP contribution in [0.5, 0.6) is 0 Å². The Morgan fingerprint density at radius 2 is 1.30 bits per heavy atom. The molecular weight excluding hydrogens is 721 g/mol. The van der Waals surface area contributed by atoms with Crippen molar-refractivity contribution >= 4 is 47.1 Å². The van der Waals surface area contributed by atoms with Gasteiger partial charge in [0.2, 0.25) is 5.91 Å². The van der Waals surface area contributed by atoms with E-state index in [1.807, 2.05) is 134 Å². The van der Waals surface area contributed by atoms with Gasteiger partial charge in [0, 0.05) is 17.2 Å². The molecule has 1 saturated heterocycles. The zero-order valence-corrected chi connectivity index (χ0v) is 30.7. The molecule has 0 radical (unpaired) electrons. The average molecular weight is 755 g/mol. The molecule has 8 rings (SSSR count). The van der Waals surface area contributed by atoms with Gasteiger partial charge in [-0.1, -0.05) is 121 Å². The molecule has 54 heavy (non-hydrogen) atoms. The van der Waals surface area contributed by atoms with Gasteiger partial charge in [-0.3, -0.25) is 9.69 Å². The van der Waals surface area contributed by atoms with Gasteiger partial charge >= 0.3 is 11.9 Å². The van der Waals surface area contributed by atoms with Gasteiger partial charge in [-0.05, 0) is 40.8 Å². The highest BCUT2D eigenvalue weighted by atomic mass is 32.2. The number of hydrogen-bond donors (Lipinski definition) is 1. The fourth-order valence-electron chi connectivity index (χ4n) is 6.47. The highest BCUT2D eigenvalue weighted by Crippen LogP contribution is 2.42. The van der Waals surface area contributed by atoms with E-state index in [0.717, 1.165) is 22.3 Å². The number of ether oxygens (including phenoxy) is 2. The Hall–Kier alpha value is -5.76. The van der Waals surface area contributed by atoms with Gasteiger partial charge in [-0.15, -0.1) is 28.6 Å². The summed E-state index contributed by atoms with van der Waals surface area (Å²) in [7, 11) is 0. The van der Waals surface area contributed by atoms with Gasteiger partial charge in [-0.25, -0.2) is 14.6 Å². The lowest BCUT2D eigenvalue weighted by Crippen LogP contribution is -2.68. The lowest BCUT2D eigenvalue weighted by Gasteiger charge is -2.48. The first-order valence-electron chi connectivity index (χ1n) is 17.3. The summed E-state index contributed by atoms with van der Waals surface area (Å²) in [6.45, 7) is 1.83. The highest BCUT2D eigenvalue weighted by molar-refractivity contribution is 8.01. The molecule has 2 aromatic heterocycles.